The van der Waals surface area contributed by atoms with E-state index in [2.05, 4.69) is 22.6 Å². The molecule has 7 nitrogen and oxygen atoms in total. The van der Waals surface area contributed by atoms with E-state index in [1.165, 1.54) is 11.0 Å². The molecular weight excluding hydrogens is 642 g/mol. The molecule has 0 fully saturated rings. The first kappa shape index (κ1) is 28.6. The van der Waals surface area contributed by atoms with E-state index < -0.39 is 12.1 Å². The normalized spacial score (nSPS) is 16.4. The van der Waals surface area contributed by atoms with Gasteiger partial charge in [0.25, 0.3) is 11.8 Å². The average Bonchev–Trinajstić information content (AvgIpc) is 2.97. The van der Waals surface area contributed by atoms with Crippen LogP contribution in [0.1, 0.15) is 40.5 Å². The SMILES string of the molecule is COCCOCCN1C(=O)C(c2ccc(Cl)cc2)N(C(C)c2ccc(Cl)cc2O)C(=O)c2cc(I)ccc21. The maximum atomic E-state index is 14.4. The van der Waals surface area contributed by atoms with E-state index >= 15 is 0 Å². The van der Waals surface area contributed by atoms with Crippen LogP contribution >= 0.6 is 45.8 Å². The standard InChI is InChI=1S/C28H27Cl2IN2O5/c1-17(22-9-7-20(30)15-25(22)34)33-26(18-3-5-19(29)6-4-18)28(36)32(11-12-38-14-13-37-2)24-10-8-21(31)16-23(24)27(33)35/h3-10,15-17,26,34H,11-14H2,1-2H3. The summed E-state index contributed by atoms with van der Waals surface area (Å²) in [5.74, 6) is -0.691. The molecule has 0 aromatic heterocycles. The Balaban J connectivity index is 1.86. The first-order valence-corrected chi connectivity index (χ1v) is 13.8. The second-order valence-electron chi connectivity index (χ2n) is 8.80. The van der Waals surface area contributed by atoms with E-state index in [-0.39, 0.29) is 30.7 Å². The highest BCUT2D eigenvalue weighted by Crippen LogP contribution is 2.42. The molecule has 0 saturated heterocycles. The van der Waals surface area contributed by atoms with Gasteiger partial charge in [0.15, 0.2) is 0 Å². The summed E-state index contributed by atoms with van der Waals surface area (Å²) in [5, 5.41) is 11.6. The molecule has 0 spiro atoms. The van der Waals surface area contributed by atoms with E-state index in [0.717, 1.165) is 3.57 Å². The van der Waals surface area contributed by atoms with Gasteiger partial charge >= 0.3 is 0 Å². The predicted octanol–water partition coefficient (Wildman–Crippen LogP) is 6.26. The van der Waals surface area contributed by atoms with Crippen molar-refractivity contribution in [2.45, 2.75) is 19.0 Å². The van der Waals surface area contributed by atoms with E-state index in [1.54, 1.807) is 67.5 Å². The molecule has 3 aromatic carbocycles. The third-order valence-electron chi connectivity index (χ3n) is 6.43. The predicted molar refractivity (Wildman–Crippen MR) is 156 cm³/mol. The van der Waals surface area contributed by atoms with Crippen LogP contribution in [0.2, 0.25) is 10.0 Å². The number of ether oxygens (including phenoxy) is 2. The van der Waals surface area contributed by atoms with Gasteiger partial charge < -0.3 is 24.4 Å². The molecule has 3 aromatic rings. The number of carbonyl (C=O) groups excluding carboxylic acids is 2. The van der Waals surface area contributed by atoms with E-state index in [4.69, 9.17) is 32.7 Å². The van der Waals surface area contributed by atoms with Crippen LogP contribution in [-0.4, -0.2) is 55.3 Å². The molecule has 1 heterocycles. The quantitative estimate of drug-likeness (QED) is 0.215. The minimum atomic E-state index is -0.992. The molecule has 1 N–H and O–H groups in total. The summed E-state index contributed by atoms with van der Waals surface area (Å²) in [6.07, 6.45) is 0. The van der Waals surface area contributed by atoms with Gasteiger partial charge in [-0.25, -0.2) is 0 Å². The van der Waals surface area contributed by atoms with Crippen molar-refractivity contribution in [3.8, 4) is 5.75 Å². The Bertz CT molecular complexity index is 1320. The van der Waals surface area contributed by atoms with Crippen LogP contribution in [0.5, 0.6) is 5.75 Å². The van der Waals surface area contributed by atoms with Crippen LogP contribution in [0.3, 0.4) is 0 Å². The monoisotopic (exact) mass is 668 g/mol. The minimum absolute atomic E-state index is 0.0596. The lowest BCUT2D eigenvalue weighted by atomic mass is 9.98. The zero-order chi connectivity index (χ0) is 27.4. The molecule has 2 atom stereocenters. The number of carbonyl (C=O) groups is 2. The number of amides is 2. The van der Waals surface area contributed by atoms with Crippen molar-refractivity contribution in [3.05, 3.63) is 91.0 Å². The molecule has 200 valence electrons. The summed E-state index contributed by atoms with van der Waals surface area (Å²) in [6.45, 7) is 3.10. The molecule has 4 rings (SSSR count). The summed E-state index contributed by atoms with van der Waals surface area (Å²) in [7, 11) is 1.59. The average molecular weight is 669 g/mol. The molecule has 0 aliphatic carbocycles. The zero-order valence-corrected chi connectivity index (χ0v) is 24.5. The number of hydrogen-bond acceptors (Lipinski definition) is 5. The number of benzene rings is 3. The Kier molecular flexibility index (Phi) is 9.54. The van der Waals surface area contributed by atoms with Crippen LogP contribution in [-0.2, 0) is 14.3 Å². The second kappa shape index (κ2) is 12.7. The van der Waals surface area contributed by atoms with E-state index in [0.29, 0.717) is 45.6 Å². The fraction of sp³-hybridized carbons (Fsp3) is 0.286. The molecular formula is C28H27Cl2IN2O5. The number of hydrogen-bond donors (Lipinski definition) is 1. The minimum Gasteiger partial charge on any atom is -0.508 e. The molecule has 2 unspecified atom stereocenters. The zero-order valence-electron chi connectivity index (χ0n) is 20.9. The molecule has 0 bridgehead atoms. The van der Waals surface area contributed by atoms with Crippen molar-refractivity contribution in [1.29, 1.82) is 0 Å². The molecule has 1 aliphatic rings. The molecule has 1 aliphatic heterocycles. The molecule has 10 heteroatoms. The number of aromatic hydroxyl groups is 1. The fourth-order valence-electron chi connectivity index (χ4n) is 4.56. The number of phenols is 1. The number of phenolic OH excluding ortho intramolecular Hbond substituents is 1. The van der Waals surface area contributed by atoms with Crippen molar-refractivity contribution in [2.24, 2.45) is 0 Å². The van der Waals surface area contributed by atoms with E-state index in [9.17, 15) is 14.7 Å². The lowest BCUT2D eigenvalue weighted by molar-refractivity contribution is -0.124. The van der Waals surface area contributed by atoms with Crippen molar-refractivity contribution in [2.75, 3.05) is 38.4 Å². The Morgan fingerprint density at radius 1 is 0.974 bits per heavy atom. The number of methoxy groups -OCH3 is 1. The van der Waals surface area contributed by atoms with Crippen LogP contribution < -0.4 is 4.90 Å². The third kappa shape index (κ3) is 6.10. The Labute approximate surface area is 245 Å². The summed E-state index contributed by atoms with van der Waals surface area (Å²) >= 11 is 14.4. The van der Waals surface area contributed by atoms with Crippen LogP contribution in [0, 0.1) is 3.57 Å². The van der Waals surface area contributed by atoms with Crippen molar-refractivity contribution < 1.29 is 24.2 Å². The Hall–Kier alpha value is -2.37. The number of halogens is 3. The van der Waals surface area contributed by atoms with Gasteiger partial charge in [0.1, 0.15) is 11.8 Å². The second-order valence-corrected chi connectivity index (χ2v) is 10.9. The van der Waals surface area contributed by atoms with Gasteiger partial charge in [0, 0.05) is 32.8 Å². The van der Waals surface area contributed by atoms with Gasteiger partial charge in [-0.15, -0.1) is 0 Å². The van der Waals surface area contributed by atoms with Crippen LogP contribution in [0.4, 0.5) is 5.69 Å². The first-order valence-electron chi connectivity index (χ1n) is 12.0. The number of anilines is 1. The topological polar surface area (TPSA) is 79.3 Å². The molecule has 38 heavy (non-hydrogen) atoms. The molecule has 2 amide bonds. The van der Waals surface area contributed by atoms with Gasteiger partial charge in [-0.3, -0.25) is 9.59 Å². The number of nitrogens with zero attached hydrogens (tertiary/aromatic N) is 2. The maximum absolute atomic E-state index is 14.4. The van der Waals surface area contributed by atoms with Gasteiger partial charge in [-0.05, 0) is 77.5 Å². The van der Waals surface area contributed by atoms with Crippen molar-refractivity contribution in [3.63, 3.8) is 0 Å². The van der Waals surface area contributed by atoms with Gasteiger partial charge in [0.05, 0.1) is 37.1 Å². The Morgan fingerprint density at radius 3 is 2.37 bits per heavy atom. The van der Waals surface area contributed by atoms with Crippen LogP contribution in [0.25, 0.3) is 0 Å². The third-order valence-corrected chi connectivity index (χ3v) is 7.59. The van der Waals surface area contributed by atoms with Crippen molar-refractivity contribution >= 4 is 63.3 Å². The summed E-state index contributed by atoms with van der Waals surface area (Å²) < 4.78 is 11.6. The number of fused-ring (bicyclic) bond motifs is 1. The lowest BCUT2D eigenvalue weighted by Gasteiger charge is -2.36. The highest BCUT2D eigenvalue weighted by atomic mass is 127. The maximum Gasteiger partial charge on any atom is 0.257 e. The first-order chi connectivity index (χ1) is 18.2. The number of rotatable bonds is 9. The van der Waals surface area contributed by atoms with Gasteiger partial charge in [-0.1, -0.05) is 41.4 Å². The Morgan fingerprint density at radius 2 is 1.68 bits per heavy atom. The molecule has 0 radical (unpaired) electrons. The highest BCUT2D eigenvalue weighted by Gasteiger charge is 2.43. The lowest BCUT2D eigenvalue weighted by Crippen LogP contribution is -2.44. The smallest absolute Gasteiger partial charge is 0.257 e. The fourth-order valence-corrected chi connectivity index (χ4v) is 5.34. The van der Waals surface area contributed by atoms with Crippen molar-refractivity contribution in [1.82, 2.24) is 4.90 Å². The van der Waals surface area contributed by atoms with Gasteiger partial charge in [-0.2, -0.15) is 0 Å². The largest absolute Gasteiger partial charge is 0.508 e. The van der Waals surface area contributed by atoms with Crippen LogP contribution in [0.15, 0.2) is 60.7 Å². The van der Waals surface area contributed by atoms with Gasteiger partial charge in [0.2, 0.25) is 0 Å². The summed E-state index contributed by atoms with van der Waals surface area (Å²) in [4.78, 5) is 31.8. The molecule has 0 saturated carbocycles. The van der Waals surface area contributed by atoms with E-state index in [1.807, 2.05) is 6.07 Å². The highest BCUT2D eigenvalue weighted by molar-refractivity contribution is 14.1. The summed E-state index contributed by atoms with van der Waals surface area (Å²) in [5.41, 5.74) is 1.96. The summed E-state index contributed by atoms with van der Waals surface area (Å²) in [6, 6.07) is 15.4.